The van der Waals surface area contributed by atoms with Crippen molar-refractivity contribution in [1.29, 1.82) is 5.26 Å². The van der Waals surface area contributed by atoms with E-state index in [0.717, 1.165) is 25.0 Å². The molecule has 108 valence electrons. The summed E-state index contributed by atoms with van der Waals surface area (Å²) in [5.41, 5.74) is 1.40. The minimum absolute atomic E-state index is 0.0378. The van der Waals surface area contributed by atoms with Gasteiger partial charge in [0.05, 0.1) is 12.0 Å². The van der Waals surface area contributed by atoms with Gasteiger partial charge in [-0.15, -0.1) is 0 Å². The van der Waals surface area contributed by atoms with Crippen LogP contribution in [0.1, 0.15) is 58.4 Å². The van der Waals surface area contributed by atoms with Crippen molar-refractivity contribution in [2.75, 3.05) is 0 Å². The van der Waals surface area contributed by atoms with Crippen molar-refractivity contribution in [1.82, 2.24) is 0 Å². The zero-order valence-corrected chi connectivity index (χ0v) is 12.9. The third-order valence-electron chi connectivity index (χ3n) is 4.11. The van der Waals surface area contributed by atoms with Gasteiger partial charge in [-0.1, -0.05) is 45.7 Å². The second-order valence-corrected chi connectivity index (χ2v) is 6.81. The van der Waals surface area contributed by atoms with Crippen LogP contribution in [0.25, 0.3) is 0 Å². The molecule has 2 unspecified atom stereocenters. The molecule has 1 aromatic carbocycles. The summed E-state index contributed by atoms with van der Waals surface area (Å²) in [5.74, 6) is 0.945. The summed E-state index contributed by atoms with van der Waals surface area (Å²) in [6.07, 6.45) is 5.57. The van der Waals surface area contributed by atoms with Crippen molar-refractivity contribution in [2.24, 2.45) is 5.92 Å². The Labute approximate surface area is 122 Å². The highest BCUT2D eigenvalue weighted by atomic mass is 16.5. The van der Waals surface area contributed by atoms with Gasteiger partial charge in [-0.2, -0.15) is 5.26 Å². The molecule has 2 atom stereocenters. The van der Waals surface area contributed by atoms with Gasteiger partial charge in [0, 0.05) is 0 Å². The van der Waals surface area contributed by atoms with Gasteiger partial charge in [-0.05, 0) is 42.4 Å². The molecule has 2 rings (SSSR count). The molecule has 0 bridgehead atoms. The molecule has 0 aromatic heterocycles. The molecular weight excluding hydrogens is 246 g/mol. The Morgan fingerprint density at radius 2 is 1.90 bits per heavy atom. The molecule has 1 aromatic rings. The van der Waals surface area contributed by atoms with Gasteiger partial charge >= 0.3 is 0 Å². The lowest BCUT2D eigenvalue weighted by atomic mass is 9.87. The first-order chi connectivity index (χ1) is 9.50. The number of nitrogens with zero attached hydrogens (tertiary/aromatic N) is 1. The normalized spacial score (nSPS) is 23.7. The molecule has 1 fully saturated rings. The van der Waals surface area contributed by atoms with E-state index in [2.05, 4.69) is 39.0 Å². The van der Waals surface area contributed by atoms with Crippen molar-refractivity contribution in [3.63, 3.8) is 0 Å². The van der Waals surface area contributed by atoms with E-state index in [1.807, 2.05) is 12.1 Å². The summed E-state index contributed by atoms with van der Waals surface area (Å²) in [7, 11) is 0. The van der Waals surface area contributed by atoms with Gasteiger partial charge < -0.3 is 4.74 Å². The van der Waals surface area contributed by atoms with E-state index in [1.165, 1.54) is 18.4 Å². The largest absolute Gasteiger partial charge is 0.489 e. The second kappa shape index (κ2) is 6.31. The van der Waals surface area contributed by atoms with Gasteiger partial charge in [0.1, 0.15) is 11.9 Å². The fraction of sp³-hybridized carbons (Fsp3) is 0.611. The van der Waals surface area contributed by atoms with E-state index in [1.54, 1.807) is 0 Å². The summed E-state index contributed by atoms with van der Waals surface area (Å²) >= 11 is 0. The van der Waals surface area contributed by atoms with Crippen LogP contribution < -0.4 is 4.74 Å². The average molecular weight is 271 g/mol. The van der Waals surface area contributed by atoms with Crippen LogP contribution in [0.15, 0.2) is 24.3 Å². The lowest BCUT2D eigenvalue weighted by Crippen LogP contribution is -2.25. The fourth-order valence-corrected chi connectivity index (χ4v) is 2.77. The number of ether oxygens (including phenoxy) is 1. The van der Waals surface area contributed by atoms with Crippen LogP contribution in [0.4, 0.5) is 0 Å². The molecular formula is C18H25NO. The van der Waals surface area contributed by atoms with E-state index < -0.39 is 0 Å². The van der Waals surface area contributed by atoms with Gasteiger partial charge in [0.2, 0.25) is 0 Å². The van der Waals surface area contributed by atoms with Gasteiger partial charge in [0.15, 0.2) is 0 Å². The highest BCUT2D eigenvalue weighted by Crippen LogP contribution is 2.30. The van der Waals surface area contributed by atoms with Crippen molar-refractivity contribution in [3.8, 4) is 11.8 Å². The maximum Gasteiger partial charge on any atom is 0.120 e. The van der Waals surface area contributed by atoms with Crippen molar-refractivity contribution < 1.29 is 4.74 Å². The summed E-state index contributed by atoms with van der Waals surface area (Å²) in [4.78, 5) is 0. The molecule has 0 amide bonds. The lowest BCUT2D eigenvalue weighted by Gasteiger charge is -2.24. The summed E-state index contributed by atoms with van der Waals surface area (Å²) in [5, 5.41) is 9.32. The molecule has 0 saturated heterocycles. The molecule has 2 nitrogen and oxygen atoms in total. The van der Waals surface area contributed by atoms with Crippen LogP contribution in [0.3, 0.4) is 0 Å². The van der Waals surface area contributed by atoms with E-state index >= 15 is 0 Å². The molecule has 1 saturated carbocycles. The Hall–Kier alpha value is -1.49. The SMILES string of the molecule is CC(C)(C)c1cccc(OC2CCCCCC2C#N)c1. The van der Waals surface area contributed by atoms with Crippen LogP contribution in [-0.2, 0) is 5.41 Å². The predicted octanol–water partition coefficient (Wildman–Crippen LogP) is 4.84. The maximum absolute atomic E-state index is 9.32. The first-order valence-corrected chi connectivity index (χ1v) is 7.67. The molecule has 0 spiro atoms. The standard InChI is InChI=1S/C18H25NO/c1-18(2,3)15-9-7-10-16(12-15)20-17-11-6-4-5-8-14(17)13-19/h7,9-10,12,14,17H,4-6,8,11H2,1-3H3. The monoisotopic (exact) mass is 271 g/mol. The van der Waals surface area contributed by atoms with Gasteiger partial charge in [0.25, 0.3) is 0 Å². The number of hydrogen-bond donors (Lipinski definition) is 0. The summed E-state index contributed by atoms with van der Waals surface area (Å²) in [6.45, 7) is 6.61. The minimum Gasteiger partial charge on any atom is -0.489 e. The van der Waals surface area contributed by atoms with Crippen molar-refractivity contribution in [2.45, 2.75) is 64.4 Å². The van der Waals surface area contributed by atoms with Crippen molar-refractivity contribution >= 4 is 0 Å². The highest BCUT2D eigenvalue weighted by molar-refractivity contribution is 5.32. The Kier molecular flexibility index (Phi) is 4.70. The van der Waals surface area contributed by atoms with Crippen LogP contribution in [0, 0.1) is 17.2 Å². The molecule has 0 aliphatic heterocycles. The molecule has 2 heteroatoms. The smallest absolute Gasteiger partial charge is 0.120 e. The number of benzene rings is 1. The number of rotatable bonds is 2. The Morgan fingerprint density at radius 1 is 1.15 bits per heavy atom. The van der Waals surface area contributed by atoms with E-state index in [4.69, 9.17) is 4.74 Å². The van der Waals surface area contributed by atoms with Gasteiger partial charge in [-0.25, -0.2) is 0 Å². The molecule has 0 heterocycles. The van der Waals surface area contributed by atoms with Crippen LogP contribution in [0.2, 0.25) is 0 Å². The molecule has 1 aliphatic rings. The van der Waals surface area contributed by atoms with Crippen LogP contribution in [0.5, 0.6) is 5.75 Å². The minimum atomic E-state index is 0.0378. The maximum atomic E-state index is 9.32. The Morgan fingerprint density at radius 3 is 2.60 bits per heavy atom. The fourth-order valence-electron chi connectivity index (χ4n) is 2.77. The number of hydrogen-bond acceptors (Lipinski definition) is 2. The zero-order valence-electron chi connectivity index (χ0n) is 12.9. The van der Waals surface area contributed by atoms with E-state index in [9.17, 15) is 5.26 Å². The highest BCUT2D eigenvalue weighted by Gasteiger charge is 2.25. The van der Waals surface area contributed by atoms with Crippen LogP contribution >= 0.6 is 0 Å². The summed E-state index contributed by atoms with van der Waals surface area (Å²) in [6, 6.07) is 10.8. The summed E-state index contributed by atoms with van der Waals surface area (Å²) < 4.78 is 6.15. The predicted molar refractivity (Wildman–Crippen MR) is 81.7 cm³/mol. The third-order valence-corrected chi connectivity index (χ3v) is 4.11. The quantitative estimate of drug-likeness (QED) is 0.721. The lowest BCUT2D eigenvalue weighted by molar-refractivity contribution is 0.151. The first-order valence-electron chi connectivity index (χ1n) is 7.67. The van der Waals surface area contributed by atoms with Crippen molar-refractivity contribution in [3.05, 3.63) is 29.8 Å². The van der Waals surface area contributed by atoms with Gasteiger partial charge in [-0.3, -0.25) is 0 Å². The third kappa shape index (κ3) is 3.76. The van der Waals surface area contributed by atoms with E-state index in [-0.39, 0.29) is 17.4 Å². The first kappa shape index (κ1) is 14.9. The van der Waals surface area contributed by atoms with Crippen LogP contribution in [-0.4, -0.2) is 6.10 Å². The average Bonchev–Trinajstić information content (AvgIpc) is 2.63. The zero-order chi connectivity index (χ0) is 14.6. The number of nitriles is 1. The molecule has 1 aliphatic carbocycles. The van der Waals surface area contributed by atoms with E-state index in [0.29, 0.717) is 0 Å². The molecule has 20 heavy (non-hydrogen) atoms. The Bertz CT molecular complexity index is 481. The molecule has 0 N–H and O–H groups in total. The molecule has 0 radical (unpaired) electrons. The second-order valence-electron chi connectivity index (χ2n) is 6.81. The topological polar surface area (TPSA) is 33.0 Å². The Balaban J connectivity index is 2.14.